The van der Waals surface area contributed by atoms with Gasteiger partial charge in [0.25, 0.3) is 0 Å². The Morgan fingerprint density at radius 2 is 1.82 bits per heavy atom. The maximum atomic E-state index is 13.0. The van der Waals surface area contributed by atoms with E-state index in [4.69, 9.17) is 11.6 Å². The quantitative estimate of drug-likeness (QED) is 0.465. The zero-order valence-electron chi connectivity index (χ0n) is 20.1. The molecule has 182 valence electrons. The highest BCUT2D eigenvalue weighted by atomic mass is 35.5. The molecule has 2 aliphatic rings. The van der Waals surface area contributed by atoms with Crippen molar-refractivity contribution in [1.82, 2.24) is 10.2 Å². The molecule has 1 heterocycles. The number of anilines is 1. The van der Waals surface area contributed by atoms with Gasteiger partial charge in [-0.15, -0.1) is 0 Å². The van der Waals surface area contributed by atoms with Gasteiger partial charge in [-0.2, -0.15) is 0 Å². The molecule has 2 fully saturated rings. The second-order valence-corrected chi connectivity index (χ2v) is 10.1. The van der Waals surface area contributed by atoms with Crippen molar-refractivity contribution in [3.05, 3.63) is 64.7 Å². The number of amides is 2. The zero-order chi connectivity index (χ0) is 24.0. The molecular weight excluding hydrogens is 446 g/mol. The molecule has 2 aromatic rings. The minimum Gasteiger partial charge on any atom is -0.355 e. The molecule has 0 radical (unpaired) electrons. The second kappa shape index (κ2) is 11.4. The van der Waals surface area contributed by atoms with Gasteiger partial charge in [-0.05, 0) is 93.0 Å². The second-order valence-electron chi connectivity index (χ2n) is 9.70. The smallest absolute Gasteiger partial charge is 0.230 e. The average Bonchev–Trinajstić information content (AvgIpc) is 2.83. The van der Waals surface area contributed by atoms with Crippen LogP contribution in [0.25, 0.3) is 0 Å². The van der Waals surface area contributed by atoms with E-state index in [1.54, 1.807) is 0 Å². The maximum absolute atomic E-state index is 13.0. The van der Waals surface area contributed by atoms with Gasteiger partial charge in [0.05, 0.1) is 5.41 Å². The van der Waals surface area contributed by atoms with Crippen LogP contribution in [0.1, 0.15) is 68.9 Å². The number of rotatable bonds is 9. The van der Waals surface area contributed by atoms with Crippen molar-refractivity contribution in [3.8, 4) is 0 Å². The molecule has 1 aliphatic heterocycles. The monoisotopic (exact) mass is 481 g/mol. The third kappa shape index (κ3) is 5.81. The van der Waals surface area contributed by atoms with Gasteiger partial charge in [0.1, 0.15) is 0 Å². The molecule has 1 saturated heterocycles. The highest BCUT2D eigenvalue weighted by Gasteiger charge is 2.45. The summed E-state index contributed by atoms with van der Waals surface area (Å²) in [6.07, 6.45) is 6.62. The first-order valence-corrected chi connectivity index (χ1v) is 13.0. The Balaban J connectivity index is 1.19. The van der Waals surface area contributed by atoms with E-state index < -0.39 is 0 Å². The Hall–Kier alpha value is -2.37. The number of halogens is 1. The summed E-state index contributed by atoms with van der Waals surface area (Å²) in [7, 11) is 0. The molecule has 2 N–H and O–H groups in total. The number of hydrogen-bond acceptors (Lipinski definition) is 3. The summed E-state index contributed by atoms with van der Waals surface area (Å²) >= 11 is 6.03. The highest BCUT2D eigenvalue weighted by molar-refractivity contribution is 6.30. The van der Waals surface area contributed by atoms with Crippen LogP contribution in [-0.4, -0.2) is 42.9 Å². The third-order valence-electron chi connectivity index (χ3n) is 7.53. The van der Waals surface area contributed by atoms with Crippen LogP contribution in [-0.2, 0) is 15.0 Å². The molecule has 0 aromatic heterocycles. The Morgan fingerprint density at radius 1 is 1.09 bits per heavy atom. The Labute approximate surface area is 208 Å². The summed E-state index contributed by atoms with van der Waals surface area (Å²) in [5.41, 5.74) is 2.92. The van der Waals surface area contributed by atoms with Gasteiger partial charge < -0.3 is 15.5 Å². The minimum absolute atomic E-state index is 0.0513. The number of carbonyl (C=O) groups is 2. The van der Waals surface area contributed by atoms with Crippen LogP contribution in [0.2, 0.25) is 5.02 Å². The van der Waals surface area contributed by atoms with Crippen LogP contribution >= 0.6 is 11.6 Å². The normalized spacial score (nSPS) is 18.2. The van der Waals surface area contributed by atoms with E-state index in [9.17, 15) is 9.59 Å². The van der Waals surface area contributed by atoms with Crippen molar-refractivity contribution in [3.63, 3.8) is 0 Å². The molecule has 0 atom stereocenters. The van der Waals surface area contributed by atoms with Gasteiger partial charge in [0, 0.05) is 23.7 Å². The molecule has 1 saturated carbocycles. The largest absolute Gasteiger partial charge is 0.355 e. The van der Waals surface area contributed by atoms with Crippen LogP contribution in [0.3, 0.4) is 0 Å². The summed E-state index contributed by atoms with van der Waals surface area (Å²) in [6.45, 7) is 5.73. The lowest BCUT2D eigenvalue weighted by molar-refractivity contribution is -0.130. The number of hydrogen-bond donors (Lipinski definition) is 2. The molecule has 34 heavy (non-hydrogen) atoms. The lowest BCUT2D eigenvalue weighted by atomic mass is 9.64. The number of carbonyl (C=O) groups excluding carboxylic acids is 2. The van der Waals surface area contributed by atoms with Gasteiger partial charge >= 0.3 is 0 Å². The highest BCUT2D eigenvalue weighted by Crippen LogP contribution is 2.44. The van der Waals surface area contributed by atoms with E-state index in [0.717, 1.165) is 69.4 Å². The predicted octanol–water partition coefficient (Wildman–Crippen LogP) is 5.50. The van der Waals surface area contributed by atoms with Crippen molar-refractivity contribution in [1.29, 1.82) is 0 Å². The van der Waals surface area contributed by atoms with E-state index in [1.165, 1.54) is 5.56 Å². The molecule has 5 nitrogen and oxygen atoms in total. The summed E-state index contributed by atoms with van der Waals surface area (Å²) in [5.74, 6) is 0.748. The van der Waals surface area contributed by atoms with Crippen LogP contribution in [0.4, 0.5) is 5.69 Å². The average molecular weight is 482 g/mol. The van der Waals surface area contributed by atoms with Crippen LogP contribution < -0.4 is 10.6 Å². The Morgan fingerprint density at radius 3 is 2.47 bits per heavy atom. The van der Waals surface area contributed by atoms with Crippen LogP contribution in [0.5, 0.6) is 0 Å². The number of benzene rings is 2. The van der Waals surface area contributed by atoms with Gasteiger partial charge in [0.15, 0.2) is 0 Å². The van der Waals surface area contributed by atoms with Crippen LogP contribution in [0, 0.1) is 0 Å². The first kappa shape index (κ1) is 24.7. The van der Waals surface area contributed by atoms with Crippen LogP contribution in [0.15, 0.2) is 48.5 Å². The lowest BCUT2D eigenvalue weighted by Crippen LogP contribution is -2.49. The minimum atomic E-state index is -0.367. The fraction of sp³-hybridized carbons (Fsp3) is 0.500. The Bertz CT molecular complexity index is 979. The molecule has 0 unspecified atom stereocenters. The number of nitrogens with zero attached hydrogens (tertiary/aromatic N) is 1. The van der Waals surface area contributed by atoms with Gasteiger partial charge in [-0.25, -0.2) is 0 Å². The summed E-state index contributed by atoms with van der Waals surface area (Å²) in [4.78, 5) is 27.2. The summed E-state index contributed by atoms with van der Waals surface area (Å²) in [6, 6.07) is 16.1. The van der Waals surface area contributed by atoms with E-state index in [2.05, 4.69) is 27.7 Å². The van der Waals surface area contributed by atoms with Crippen molar-refractivity contribution in [2.75, 3.05) is 31.5 Å². The SMILES string of the molecule is CCC(=O)Nc1cccc(C2CCN(CCCNC(=O)C3(c4ccc(Cl)cc4)CCC3)CC2)c1. The molecule has 1 aliphatic carbocycles. The molecular formula is C28H36ClN3O2. The molecule has 2 aromatic carbocycles. The van der Waals surface area contributed by atoms with E-state index >= 15 is 0 Å². The third-order valence-corrected chi connectivity index (χ3v) is 7.78. The maximum Gasteiger partial charge on any atom is 0.230 e. The fourth-order valence-corrected chi connectivity index (χ4v) is 5.36. The standard InChI is InChI=1S/C28H36ClN3O2/c1-2-26(33)31-25-7-3-6-22(20-25)21-12-18-32(19-13-21)17-5-16-30-27(34)28(14-4-15-28)23-8-10-24(29)11-9-23/h3,6-11,20-21H,2,4-5,12-19H2,1H3,(H,30,34)(H,31,33). The van der Waals surface area contributed by atoms with Crippen molar-refractivity contribution < 1.29 is 9.59 Å². The van der Waals surface area contributed by atoms with E-state index in [1.807, 2.05) is 43.3 Å². The summed E-state index contributed by atoms with van der Waals surface area (Å²) < 4.78 is 0. The predicted molar refractivity (Wildman–Crippen MR) is 138 cm³/mol. The van der Waals surface area contributed by atoms with Gasteiger partial charge in [-0.1, -0.05) is 49.2 Å². The number of piperidine rings is 1. The fourth-order valence-electron chi connectivity index (χ4n) is 5.23. The Kier molecular flexibility index (Phi) is 8.28. The molecule has 0 spiro atoms. The lowest BCUT2D eigenvalue weighted by Gasteiger charge is -2.41. The first-order chi connectivity index (χ1) is 16.5. The van der Waals surface area contributed by atoms with Gasteiger partial charge in [-0.3, -0.25) is 9.59 Å². The summed E-state index contributed by atoms with van der Waals surface area (Å²) in [5, 5.41) is 6.88. The van der Waals surface area contributed by atoms with E-state index in [0.29, 0.717) is 23.9 Å². The molecule has 2 amide bonds. The van der Waals surface area contributed by atoms with Crippen molar-refractivity contribution >= 4 is 29.1 Å². The zero-order valence-corrected chi connectivity index (χ0v) is 20.9. The van der Waals surface area contributed by atoms with Crippen molar-refractivity contribution in [2.45, 2.75) is 63.2 Å². The molecule has 0 bridgehead atoms. The van der Waals surface area contributed by atoms with Gasteiger partial charge in [0.2, 0.25) is 11.8 Å². The number of likely N-dealkylation sites (tertiary alicyclic amines) is 1. The molecule has 4 rings (SSSR count). The van der Waals surface area contributed by atoms with E-state index in [-0.39, 0.29) is 17.2 Å². The number of nitrogens with one attached hydrogen (secondary N) is 2. The van der Waals surface area contributed by atoms with Crippen molar-refractivity contribution in [2.24, 2.45) is 0 Å². The topological polar surface area (TPSA) is 61.4 Å². The molecule has 6 heteroatoms. The first-order valence-electron chi connectivity index (χ1n) is 12.7.